The number of halogens is 2. The Hall–Kier alpha value is -1.48. The molecule has 2 aliphatic rings. The van der Waals surface area contributed by atoms with Gasteiger partial charge in [-0.25, -0.2) is 0 Å². The highest BCUT2D eigenvalue weighted by Crippen LogP contribution is 2.35. The summed E-state index contributed by atoms with van der Waals surface area (Å²) >= 11 is 9.53. The first-order valence-electron chi connectivity index (χ1n) is 9.22. The summed E-state index contributed by atoms with van der Waals surface area (Å²) in [6.07, 6.45) is 2.17. The van der Waals surface area contributed by atoms with Crippen LogP contribution >= 0.6 is 23.2 Å². The molecule has 1 aromatic carbocycles. The third kappa shape index (κ3) is 5.75. The molecule has 27 heavy (non-hydrogen) atoms. The first-order valence-corrected chi connectivity index (χ1v) is 10.3. The summed E-state index contributed by atoms with van der Waals surface area (Å²) in [5.74, 6) is 0.995. The van der Waals surface area contributed by atoms with Crippen LogP contribution in [0.2, 0.25) is 0 Å². The summed E-state index contributed by atoms with van der Waals surface area (Å²) < 4.78 is 5.79. The van der Waals surface area contributed by atoms with Crippen LogP contribution in [0.3, 0.4) is 0 Å². The van der Waals surface area contributed by atoms with Crippen LogP contribution in [0.5, 0.6) is 5.75 Å². The summed E-state index contributed by atoms with van der Waals surface area (Å²) in [6.45, 7) is 8.02. The molecular formula is C20H27Cl2N3O2. The van der Waals surface area contributed by atoms with Crippen molar-refractivity contribution in [2.24, 2.45) is 5.41 Å². The molecule has 0 unspecified atom stereocenters. The molecule has 0 aliphatic carbocycles. The van der Waals surface area contributed by atoms with Crippen molar-refractivity contribution in [2.45, 2.75) is 32.6 Å². The molecule has 2 saturated heterocycles. The fraction of sp³-hybridized carbons (Fsp3) is 0.600. The molecule has 2 aliphatic heterocycles. The summed E-state index contributed by atoms with van der Waals surface area (Å²) in [6, 6.07) is 7.53. The first-order chi connectivity index (χ1) is 12.9. The molecule has 148 valence electrons. The highest BCUT2D eigenvalue weighted by molar-refractivity contribution is 6.40. The van der Waals surface area contributed by atoms with Crippen molar-refractivity contribution >= 4 is 29.1 Å². The Balaban J connectivity index is 0.000000817. The Morgan fingerprint density at radius 1 is 1.33 bits per heavy atom. The molecule has 2 fully saturated rings. The van der Waals surface area contributed by atoms with E-state index in [0.717, 1.165) is 44.6 Å². The molecule has 2 heterocycles. The molecular weight excluding hydrogens is 385 g/mol. The lowest BCUT2D eigenvalue weighted by molar-refractivity contribution is -0.136. The van der Waals surface area contributed by atoms with Gasteiger partial charge in [-0.15, -0.1) is 23.2 Å². The quantitative estimate of drug-likeness (QED) is 0.766. The van der Waals surface area contributed by atoms with Crippen molar-refractivity contribution in [3.63, 3.8) is 0 Å². The minimum atomic E-state index is 0.0520. The lowest BCUT2D eigenvalue weighted by Crippen LogP contribution is -2.59. The molecule has 0 aromatic heterocycles. The van der Waals surface area contributed by atoms with Crippen molar-refractivity contribution in [1.29, 1.82) is 5.26 Å². The maximum Gasteiger partial charge on any atom is 0.260 e. The average Bonchev–Trinajstić information content (AvgIpc) is 2.65. The van der Waals surface area contributed by atoms with E-state index >= 15 is 0 Å². The number of nitrogens with zero attached hydrogens (tertiary/aromatic N) is 2. The van der Waals surface area contributed by atoms with E-state index in [9.17, 15) is 4.79 Å². The highest BCUT2D eigenvalue weighted by Gasteiger charge is 2.40. The Morgan fingerprint density at radius 2 is 1.96 bits per heavy atom. The Bertz CT molecular complexity index is 674. The Morgan fingerprint density at radius 3 is 2.44 bits per heavy atom. The smallest absolute Gasteiger partial charge is 0.260 e. The van der Waals surface area contributed by atoms with Crippen LogP contribution in [0.1, 0.15) is 43.7 Å². The fourth-order valence-corrected chi connectivity index (χ4v) is 3.49. The number of carbonyl (C=O) groups is 1. The van der Waals surface area contributed by atoms with Gasteiger partial charge in [0, 0.05) is 26.2 Å². The maximum absolute atomic E-state index is 12.4. The highest BCUT2D eigenvalue weighted by atomic mass is 35.5. The average molecular weight is 412 g/mol. The van der Waals surface area contributed by atoms with Gasteiger partial charge < -0.3 is 15.0 Å². The van der Waals surface area contributed by atoms with Crippen LogP contribution in [-0.2, 0) is 4.79 Å². The van der Waals surface area contributed by atoms with Crippen LogP contribution in [0.4, 0.5) is 0 Å². The van der Waals surface area contributed by atoms with Crippen LogP contribution in [0.25, 0.3) is 0 Å². The number of hydrogen-bond acceptors (Lipinski definition) is 4. The Labute approximate surface area is 171 Å². The lowest BCUT2D eigenvalue weighted by atomic mass is 9.73. The number of hydrogen-bond donors (Lipinski definition) is 1. The van der Waals surface area contributed by atoms with Gasteiger partial charge in [0.05, 0.1) is 17.0 Å². The monoisotopic (exact) mass is 411 g/mol. The minimum Gasteiger partial charge on any atom is -0.483 e. The topological polar surface area (TPSA) is 65.4 Å². The second-order valence-corrected chi connectivity index (χ2v) is 8.20. The zero-order valence-corrected chi connectivity index (χ0v) is 17.4. The molecule has 0 radical (unpaired) electrons. The molecule has 1 N–H and O–H groups in total. The van der Waals surface area contributed by atoms with Gasteiger partial charge in [0.1, 0.15) is 5.75 Å². The van der Waals surface area contributed by atoms with E-state index in [1.807, 2.05) is 11.0 Å². The van der Waals surface area contributed by atoms with Gasteiger partial charge in [-0.05, 0) is 47.9 Å². The van der Waals surface area contributed by atoms with Crippen molar-refractivity contribution in [2.75, 3.05) is 38.1 Å². The summed E-state index contributed by atoms with van der Waals surface area (Å²) in [5.41, 5.74) is 2.03. The number of rotatable bonds is 4. The first kappa shape index (κ1) is 21.8. The standard InChI is InChI=1S/C19H25N3O2.CH2Cl2/c1-14(2)16-9-15(10-20)3-4-17(16)24-11-18(23)22-7-5-19(6-8-22)12-21-13-19;2-1-3/h3-4,9,14,21H,5-8,11-13H2,1-2H3;1H2. The molecule has 5 nitrogen and oxygen atoms in total. The van der Waals surface area contributed by atoms with Crippen LogP contribution in [-0.4, -0.2) is 48.9 Å². The maximum atomic E-state index is 12.4. The molecule has 0 bridgehead atoms. The van der Waals surface area contributed by atoms with Crippen LogP contribution in [0, 0.1) is 16.7 Å². The number of likely N-dealkylation sites (tertiary alicyclic amines) is 1. The van der Waals surface area contributed by atoms with Crippen LogP contribution in [0.15, 0.2) is 18.2 Å². The van der Waals surface area contributed by atoms with E-state index < -0.39 is 0 Å². The van der Waals surface area contributed by atoms with Crippen molar-refractivity contribution in [3.05, 3.63) is 29.3 Å². The van der Waals surface area contributed by atoms with Gasteiger partial charge in [0.15, 0.2) is 6.61 Å². The summed E-state index contributed by atoms with van der Waals surface area (Å²) in [5, 5.41) is 12.6. The van der Waals surface area contributed by atoms with E-state index in [1.165, 1.54) is 0 Å². The van der Waals surface area contributed by atoms with Gasteiger partial charge in [-0.1, -0.05) is 13.8 Å². The second kappa shape index (κ2) is 10.2. The van der Waals surface area contributed by atoms with E-state index in [1.54, 1.807) is 12.1 Å². The molecule has 1 amide bonds. The molecule has 0 atom stereocenters. The summed E-state index contributed by atoms with van der Waals surface area (Å²) in [4.78, 5) is 14.3. The number of amides is 1. The lowest BCUT2D eigenvalue weighted by Gasteiger charge is -2.48. The van der Waals surface area contributed by atoms with Crippen LogP contribution < -0.4 is 10.1 Å². The van der Waals surface area contributed by atoms with E-state index in [0.29, 0.717) is 16.7 Å². The number of carbonyl (C=O) groups excluding carboxylic acids is 1. The number of nitriles is 1. The van der Waals surface area contributed by atoms with Crippen molar-refractivity contribution < 1.29 is 9.53 Å². The third-order valence-electron chi connectivity index (χ3n) is 5.29. The number of nitrogens with one attached hydrogen (secondary N) is 1. The van der Waals surface area contributed by atoms with E-state index in [4.69, 9.17) is 33.2 Å². The minimum absolute atomic E-state index is 0.0520. The number of alkyl halides is 2. The number of ether oxygens (including phenoxy) is 1. The molecule has 1 spiro atoms. The van der Waals surface area contributed by atoms with Gasteiger partial charge in [0.25, 0.3) is 5.91 Å². The van der Waals surface area contributed by atoms with Crippen molar-refractivity contribution in [3.8, 4) is 11.8 Å². The zero-order valence-electron chi connectivity index (χ0n) is 15.9. The summed E-state index contributed by atoms with van der Waals surface area (Å²) in [7, 11) is 0. The van der Waals surface area contributed by atoms with Gasteiger partial charge in [-0.2, -0.15) is 5.26 Å². The predicted molar refractivity (Wildman–Crippen MR) is 108 cm³/mol. The zero-order chi connectivity index (χ0) is 19.9. The predicted octanol–water partition coefficient (Wildman–Crippen LogP) is 3.69. The number of benzene rings is 1. The van der Waals surface area contributed by atoms with E-state index in [-0.39, 0.29) is 23.8 Å². The normalized spacial score (nSPS) is 17.6. The van der Waals surface area contributed by atoms with Gasteiger partial charge in [-0.3, -0.25) is 4.79 Å². The van der Waals surface area contributed by atoms with Gasteiger partial charge >= 0.3 is 0 Å². The molecule has 0 saturated carbocycles. The van der Waals surface area contributed by atoms with E-state index in [2.05, 4.69) is 25.2 Å². The largest absolute Gasteiger partial charge is 0.483 e. The van der Waals surface area contributed by atoms with Crippen molar-refractivity contribution in [1.82, 2.24) is 10.2 Å². The molecule has 3 rings (SSSR count). The third-order valence-corrected chi connectivity index (χ3v) is 5.29. The fourth-order valence-electron chi connectivity index (χ4n) is 3.49. The SMILES string of the molecule is CC(C)c1cc(C#N)ccc1OCC(=O)N1CCC2(CC1)CNC2.ClCCl. The molecule has 7 heteroatoms. The van der Waals surface area contributed by atoms with Gasteiger partial charge in [0.2, 0.25) is 0 Å². The molecule has 1 aromatic rings. The Kier molecular flexibility index (Phi) is 8.22. The second-order valence-electron chi connectivity index (χ2n) is 7.39. The number of piperidine rings is 1.